The van der Waals surface area contributed by atoms with Crippen molar-refractivity contribution < 1.29 is 22.7 Å². The van der Waals surface area contributed by atoms with Crippen LogP contribution in [0.25, 0.3) is 0 Å². The zero-order chi connectivity index (χ0) is 23.8. The van der Waals surface area contributed by atoms with E-state index in [0.29, 0.717) is 45.0 Å². The molecule has 0 aliphatic carbocycles. The van der Waals surface area contributed by atoms with Crippen LogP contribution >= 0.6 is 0 Å². The lowest BCUT2D eigenvalue weighted by Gasteiger charge is -2.26. The first kappa shape index (κ1) is 23.9. The van der Waals surface area contributed by atoms with E-state index in [0.717, 1.165) is 17.7 Å². The molecule has 1 saturated heterocycles. The lowest BCUT2D eigenvalue weighted by atomic mass is 10.0. The number of para-hydroxylation sites is 1. The summed E-state index contributed by atoms with van der Waals surface area (Å²) in [5.74, 6) is 0.509. The molecule has 1 N–H and O–H groups in total. The van der Waals surface area contributed by atoms with E-state index in [1.807, 2.05) is 42.5 Å². The molecule has 1 aliphatic heterocycles. The maximum Gasteiger partial charge on any atom is 0.251 e. The van der Waals surface area contributed by atoms with Crippen LogP contribution in [-0.2, 0) is 21.2 Å². The highest BCUT2D eigenvalue weighted by Crippen LogP contribution is 2.21. The van der Waals surface area contributed by atoms with Gasteiger partial charge in [0.2, 0.25) is 10.0 Å². The SMILES string of the molecule is O=C(NCCOc1ccccc1Cc1ccccc1)c1ccc(S(=O)(=O)N2CCOCC2)cc1. The Morgan fingerprint density at radius 1 is 0.912 bits per heavy atom. The van der Waals surface area contributed by atoms with Gasteiger partial charge < -0.3 is 14.8 Å². The number of ether oxygens (including phenoxy) is 2. The lowest BCUT2D eigenvalue weighted by molar-refractivity contribution is 0.0730. The molecule has 0 radical (unpaired) electrons. The summed E-state index contributed by atoms with van der Waals surface area (Å²) in [5.41, 5.74) is 2.67. The first-order chi connectivity index (χ1) is 16.5. The molecule has 178 valence electrons. The third kappa shape index (κ3) is 6.02. The minimum Gasteiger partial charge on any atom is -0.491 e. The number of carbonyl (C=O) groups is 1. The van der Waals surface area contributed by atoms with Crippen LogP contribution < -0.4 is 10.1 Å². The molecule has 0 aromatic heterocycles. The number of rotatable bonds is 9. The smallest absolute Gasteiger partial charge is 0.251 e. The van der Waals surface area contributed by atoms with Crippen LogP contribution in [-0.4, -0.2) is 58.1 Å². The molecule has 0 unspecified atom stereocenters. The maximum atomic E-state index is 12.7. The van der Waals surface area contributed by atoms with Crippen LogP contribution in [0.5, 0.6) is 5.75 Å². The lowest BCUT2D eigenvalue weighted by Crippen LogP contribution is -2.40. The van der Waals surface area contributed by atoms with Gasteiger partial charge in [0.05, 0.1) is 24.7 Å². The van der Waals surface area contributed by atoms with Crippen LogP contribution in [0.15, 0.2) is 83.8 Å². The molecule has 1 fully saturated rings. The van der Waals surface area contributed by atoms with Crippen molar-refractivity contribution in [3.8, 4) is 5.75 Å². The summed E-state index contributed by atoms with van der Waals surface area (Å²) in [4.78, 5) is 12.7. The number of hydrogen-bond acceptors (Lipinski definition) is 5. The van der Waals surface area contributed by atoms with Gasteiger partial charge in [0, 0.05) is 25.1 Å². The predicted molar refractivity (Wildman–Crippen MR) is 130 cm³/mol. The second-order valence-corrected chi connectivity index (χ2v) is 9.85. The molecule has 0 saturated carbocycles. The highest BCUT2D eigenvalue weighted by atomic mass is 32.2. The molecule has 3 aromatic rings. The van der Waals surface area contributed by atoms with Crippen molar-refractivity contribution >= 4 is 15.9 Å². The topological polar surface area (TPSA) is 84.9 Å². The van der Waals surface area contributed by atoms with Gasteiger partial charge in [0.15, 0.2) is 0 Å². The number of amides is 1. The molecule has 8 heteroatoms. The monoisotopic (exact) mass is 480 g/mol. The second kappa shape index (κ2) is 11.3. The van der Waals surface area contributed by atoms with E-state index in [2.05, 4.69) is 17.4 Å². The Morgan fingerprint density at radius 3 is 2.32 bits per heavy atom. The number of morpholine rings is 1. The summed E-state index contributed by atoms with van der Waals surface area (Å²) in [6.45, 7) is 2.09. The van der Waals surface area contributed by atoms with Gasteiger partial charge in [0.25, 0.3) is 5.91 Å². The zero-order valence-corrected chi connectivity index (χ0v) is 19.7. The normalized spacial score (nSPS) is 14.5. The Balaban J connectivity index is 1.29. The van der Waals surface area contributed by atoms with E-state index < -0.39 is 10.0 Å². The fourth-order valence-corrected chi connectivity index (χ4v) is 5.16. The predicted octanol–water partition coefficient (Wildman–Crippen LogP) is 3.11. The Hall–Kier alpha value is -3.20. The second-order valence-electron chi connectivity index (χ2n) is 7.92. The van der Waals surface area contributed by atoms with Gasteiger partial charge in [0.1, 0.15) is 12.4 Å². The van der Waals surface area contributed by atoms with Crippen LogP contribution in [0.4, 0.5) is 0 Å². The van der Waals surface area contributed by atoms with Crippen molar-refractivity contribution in [2.75, 3.05) is 39.5 Å². The van der Waals surface area contributed by atoms with E-state index in [4.69, 9.17) is 9.47 Å². The van der Waals surface area contributed by atoms with Gasteiger partial charge in [-0.25, -0.2) is 8.42 Å². The molecule has 1 heterocycles. The van der Waals surface area contributed by atoms with Gasteiger partial charge in [-0.1, -0.05) is 48.5 Å². The summed E-state index contributed by atoms with van der Waals surface area (Å²) in [7, 11) is -3.58. The molecule has 34 heavy (non-hydrogen) atoms. The van der Waals surface area contributed by atoms with Gasteiger partial charge in [-0.15, -0.1) is 0 Å². The molecular weight excluding hydrogens is 452 g/mol. The van der Waals surface area contributed by atoms with Gasteiger partial charge in [-0.05, 0) is 41.5 Å². The molecule has 4 rings (SSSR count). The van der Waals surface area contributed by atoms with Crippen LogP contribution in [0, 0.1) is 0 Å². The molecule has 0 spiro atoms. The largest absolute Gasteiger partial charge is 0.491 e. The van der Waals surface area contributed by atoms with Crippen molar-refractivity contribution in [3.05, 3.63) is 95.6 Å². The summed E-state index contributed by atoms with van der Waals surface area (Å²) < 4.78 is 38.0. The Bertz CT molecular complexity index is 1190. The molecule has 0 atom stereocenters. The molecule has 0 bridgehead atoms. The Kier molecular flexibility index (Phi) is 7.95. The van der Waals surface area contributed by atoms with Crippen molar-refractivity contribution in [2.24, 2.45) is 0 Å². The van der Waals surface area contributed by atoms with Crippen LogP contribution in [0.1, 0.15) is 21.5 Å². The number of nitrogens with zero attached hydrogens (tertiary/aromatic N) is 1. The fourth-order valence-electron chi connectivity index (χ4n) is 3.75. The van der Waals surface area contributed by atoms with Crippen LogP contribution in [0.2, 0.25) is 0 Å². The summed E-state index contributed by atoms with van der Waals surface area (Å²) in [5, 5.41) is 2.82. The van der Waals surface area contributed by atoms with Gasteiger partial charge in [-0.2, -0.15) is 4.31 Å². The van der Waals surface area contributed by atoms with E-state index >= 15 is 0 Å². The van der Waals surface area contributed by atoms with Crippen LogP contribution in [0.3, 0.4) is 0 Å². The molecule has 7 nitrogen and oxygen atoms in total. The minimum atomic E-state index is -3.58. The highest BCUT2D eigenvalue weighted by molar-refractivity contribution is 7.89. The fraction of sp³-hybridized carbons (Fsp3) is 0.269. The molecule has 3 aromatic carbocycles. The number of hydrogen-bond donors (Lipinski definition) is 1. The van der Waals surface area contributed by atoms with Crippen molar-refractivity contribution in [2.45, 2.75) is 11.3 Å². The average Bonchev–Trinajstić information content (AvgIpc) is 2.88. The first-order valence-corrected chi connectivity index (χ1v) is 12.7. The van der Waals surface area contributed by atoms with Crippen molar-refractivity contribution in [1.82, 2.24) is 9.62 Å². The zero-order valence-electron chi connectivity index (χ0n) is 18.9. The van der Waals surface area contributed by atoms with E-state index in [9.17, 15) is 13.2 Å². The summed E-state index contributed by atoms with van der Waals surface area (Å²) >= 11 is 0. The van der Waals surface area contributed by atoms with Gasteiger partial charge in [-0.3, -0.25) is 4.79 Å². The number of carbonyl (C=O) groups excluding carboxylic acids is 1. The molecule has 1 aliphatic rings. The average molecular weight is 481 g/mol. The Labute approximate surface area is 200 Å². The minimum absolute atomic E-state index is 0.171. The first-order valence-electron chi connectivity index (χ1n) is 11.2. The number of nitrogens with one attached hydrogen (secondary N) is 1. The highest BCUT2D eigenvalue weighted by Gasteiger charge is 2.26. The molecular formula is C26H28N2O5S. The van der Waals surface area contributed by atoms with Crippen molar-refractivity contribution in [1.29, 1.82) is 0 Å². The maximum absolute atomic E-state index is 12.7. The third-order valence-corrected chi connectivity index (χ3v) is 7.49. The van der Waals surface area contributed by atoms with E-state index in [-0.39, 0.29) is 10.8 Å². The standard InChI is InChI=1S/C26H28N2O5S/c29-26(22-10-12-24(13-11-22)34(30,31)28-15-18-32-19-16-28)27-14-17-33-25-9-5-4-8-23(25)20-21-6-2-1-3-7-21/h1-13H,14-20H2,(H,27,29). The van der Waals surface area contributed by atoms with E-state index in [1.165, 1.54) is 34.1 Å². The summed E-state index contributed by atoms with van der Waals surface area (Å²) in [6.07, 6.45) is 0.767. The number of benzene rings is 3. The Morgan fingerprint density at radius 2 is 1.59 bits per heavy atom. The number of sulfonamides is 1. The third-order valence-electron chi connectivity index (χ3n) is 5.58. The van der Waals surface area contributed by atoms with Gasteiger partial charge >= 0.3 is 0 Å². The molecule has 1 amide bonds. The quantitative estimate of drug-likeness (QED) is 0.476. The van der Waals surface area contributed by atoms with Crippen molar-refractivity contribution in [3.63, 3.8) is 0 Å². The van der Waals surface area contributed by atoms with E-state index in [1.54, 1.807) is 0 Å². The summed E-state index contributed by atoms with van der Waals surface area (Å²) in [6, 6.07) is 24.0.